The summed E-state index contributed by atoms with van der Waals surface area (Å²) in [6.07, 6.45) is 0.551. The van der Waals surface area contributed by atoms with Crippen molar-refractivity contribution in [2.45, 2.75) is 38.8 Å². The van der Waals surface area contributed by atoms with E-state index in [0.717, 1.165) is 12.2 Å². The zero-order valence-electron chi connectivity index (χ0n) is 11.9. The van der Waals surface area contributed by atoms with Gasteiger partial charge in [0.05, 0.1) is 18.8 Å². The predicted octanol–water partition coefficient (Wildman–Crippen LogP) is 2.33. The van der Waals surface area contributed by atoms with Crippen molar-refractivity contribution in [3.8, 4) is 0 Å². The number of morpholine rings is 1. The Balaban J connectivity index is 2.40. The van der Waals surface area contributed by atoms with E-state index in [-0.39, 0.29) is 17.4 Å². The summed E-state index contributed by atoms with van der Waals surface area (Å²) >= 11 is 0. The molecule has 1 aromatic carbocycles. The molecular formula is C15H23FN2O. The molecule has 1 aromatic rings. The van der Waals surface area contributed by atoms with E-state index in [1.54, 1.807) is 6.07 Å². The topological polar surface area (TPSA) is 38.5 Å². The van der Waals surface area contributed by atoms with Crippen LogP contribution in [0, 0.1) is 5.82 Å². The minimum atomic E-state index is -0.169. The summed E-state index contributed by atoms with van der Waals surface area (Å²) in [5.74, 6) is -0.169. The lowest BCUT2D eigenvalue weighted by Crippen LogP contribution is -2.53. The van der Waals surface area contributed by atoms with Crippen LogP contribution in [0.1, 0.15) is 26.3 Å². The van der Waals surface area contributed by atoms with E-state index in [1.807, 2.05) is 13.0 Å². The van der Waals surface area contributed by atoms with Gasteiger partial charge in [0.1, 0.15) is 5.82 Å². The maximum Gasteiger partial charge on any atom is 0.128 e. The molecule has 0 bridgehead atoms. The van der Waals surface area contributed by atoms with E-state index >= 15 is 0 Å². The molecule has 1 unspecified atom stereocenters. The van der Waals surface area contributed by atoms with Crippen LogP contribution < -0.4 is 10.6 Å². The van der Waals surface area contributed by atoms with Gasteiger partial charge in [0.2, 0.25) is 0 Å². The molecule has 1 fully saturated rings. The summed E-state index contributed by atoms with van der Waals surface area (Å²) in [6, 6.07) is 5.20. The SMILES string of the molecule is CC(N)Cc1c(F)cccc1N1CCOCC1(C)C. The first-order valence-electron chi connectivity index (χ1n) is 6.80. The molecule has 1 heterocycles. The molecule has 106 valence electrons. The number of anilines is 1. The summed E-state index contributed by atoms with van der Waals surface area (Å²) in [5, 5.41) is 0. The van der Waals surface area contributed by atoms with E-state index in [0.29, 0.717) is 25.2 Å². The molecular weight excluding hydrogens is 243 g/mol. The van der Waals surface area contributed by atoms with Gasteiger partial charge in [-0.1, -0.05) is 6.07 Å². The first-order chi connectivity index (χ1) is 8.92. The average Bonchev–Trinajstić information content (AvgIpc) is 2.31. The summed E-state index contributed by atoms with van der Waals surface area (Å²) in [7, 11) is 0. The van der Waals surface area contributed by atoms with Gasteiger partial charge in [0.25, 0.3) is 0 Å². The van der Waals surface area contributed by atoms with E-state index in [9.17, 15) is 4.39 Å². The number of nitrogens with two attached hydrogens (primary N) is 1. The highest BCUT2D eigenvalue weighted by Gasteiger charge is 2.32. The van der Waals surface area contributed by atoms with Crippen LogP contribution in [0.15, 0.2) is 18.2 Å². The molecule has 19 heavy (non-hydrogen) atoms. The summed E-state index contributed by atoms with van der Waals surface area (Å²) in [4.78, 5) is 2.23. The first-order valence-corrected chi connectivity index (χ1v) is 6.80. The number of rotatable bonds is 3. The van der Waals surface area contributed by atoms with Gasteiger partial charge < -0.3 is 15.4 Å². The fourth-order valence-electron chi connectivity index (χ4n) is 2.63. The lowest BCUT2D eigenvalue weighted by Gasteiger charge is -2.44. The number of hydrogen-bond donors (Lipinski definition) is 1. The Morgan fingerprint density at radius 2 is 2.21 bits per heavy atom. The molecule has 2 N–H and O–H groups in total. The van der Waals surface area contributed by atoms with Crippen LogP contribution in [0.3, 0.4) is 0 Å². The molecule has 0 radical (unpaired) electrons. The third-order valence-corrected chi connectivity index (χ3v) is 3.56. The van der Waals surface area contributed by atoms with Gasteiger partial charge >= 0.3 is 0 Å². The zero-order chi connectivity index (χ0) is 14.0. The second-order valence-electron chi connectivity index (χ2n) is 5.94. The third-order valence-electron chi connectivity index (χ3n) is 3.56. The second kappa shape index (κ2) is 5.47. The normalized spacial score (nSPS) is 20.4. The Hall–Kier alpha value is -1.13. The quantitative estimate of drug-likeness (QED) is 0.912. The van der Waals surface area contributed by atoms with E-state index in [2.05, 4.69) is 18.7 Å². The van der Waals surface area contributed by atoms with Crippen molar-refractivity contribution in [2.75, 3.05) is 24.7 Å². The summed E-state index contributed by atoms with van der Waals surface area (Å²) in [6.45, 7) is 8.25. The highest BCUT2D eigenvalue weighted by atomic mass is 19.1. The van der Waals surface area contributed by atoms with Crippen LogP contribution in [0.4, 0.5) is 10.1 Å². The van der Waals surface area contributed by atoms with Gasteiger partial charge in [-0.25, -0.2) is 4.39 Å². The fraction of sp³-hybridized carbons (Fsp3) is 0.600. The maximum atomic E-state index is 14.1. The van der Waals surface area contributed by atoms with Crippen LogP contribution >= 0.6 is 0 Å². The van der Waals surface area contributed by atoms with Crippen LogP contribution in [0.25, 0.3) is 0 Å². The number of benzene rings is 1. The predicted molar refractivity (Wildman–Crippen MR) is 76.0 cm³/mol. The lowest BCUT2D eigenvalue weighted by atomic mass is 9.97. The number of ether oxygens (including phenoxy) is 1. The van der Waals surface area contributed by atoms with Crippen molar-refractivity contribution < 1.29 is 9.13 Å². The zero-order valence-corrected chi connectivity index (χ0v) is 11.9. The molecule has 0 amide bonds. The van der Waals surface area contributed by atoms with Crippen molar-refractivity contribution in [1.82, 2.24) is 0 Å². The largest absolute Gasteiger partial charge is 0.377 e. The molecule has 1 saturated heterocycles. The van der Waals surface area contributed by atoms with Gasteiger partial charge in [-0.15, -0.1) is 0 Å². The minimum absolute atomic E-state index is 0.0557. The number of nitrogens with zero attached hydrogens (tertiary/aromatic N) is 1. The van der Waals surface area contributed by atoms with Crippen molar-refractivity contribution in [3.63, 3.8) is 0 Å². The smallest absolute Gasteiger partial charge is 0.128 e. The van der Waals surface area contributed by atoms with Crippen LogP contribution in [-0.4, -0.2) is 31.3 Å². The second-order valence-corrected chi connectivity index (χ2v) is 5.94. The molecule has 1 atom stereocenters. The molecule has 0 spiro atoms. The molecule has 3 nitrogen and oxygen atoms in total. The Kier molecular flexibility index (Phi) is 4.11. The van der Waals surface area contributed by atoms with Gasteiger partial charge in [0.15, 0.2) is 0 Å². The molecule has 4 heteroatoms. The standard InChI is InChI=1S/C15H23FN2O/c1-11(17)9-12-13(16)5-4-6-14(12)18-7-8-19-10-15(18,2)3/h4-6,11H,7-10,17H2,1-3H3. The van der Waals surface area contributed by atoms with Gasteiger partial charge in [0, 0.05) is 23.8 Å². The summed E-state index contributed by atoms with van der Waals surface area (Å²) in [5.41, 5.74) is 7.39. The highest BCUT2D eigenvalue weighted by molar-refractivity contribution is 5.56. The number of halogens is 1. The third kappa shape index (κ3) is 3.07. The molecule has 1 aliphatic rings. The Bertz CT molecular complexity index is 446. The first kappa shape index (κ1) is 14.3. The van der Waals surface area contributed by atoms with Gasteiger partial charge in [-0.2, -0.15) is 0 Å². The van der Waals surface area contributed by atoms with Gasteiger partial charge in [-0.3, -0.25) is 0 Å². The maximum absolute atomic E-state index is 14.1. The van der Waals surface area contributed by atoms with Crippen LogP contribution in [0.2, 0.25) is 0 Å². The Morgan fingerprint density at radius 1 is 1.47 bits per heavy atom. The molecule has 1 aliphatic heterocycles. The van der Waals surface area contributed by atoms with Crippen LogP contribution in [-0.2, 0) is 11.2 Å². The van der Waals surface area contributed by atoms with Crippen molar-refractivity contribution in [3.05, 3.63) is 29.6 Å². The van der Waals surface area contributed by atoms with Crippen molar-refractivity contribution in [2.24, 2.45) is 5.73 Å². The molecule has 2 rings (SSSR count). The fourth-order valence-corrected chi connectivity index (χ4v) is 2.63. The van der Waals surface area contributed by atoms with Crippen molar-refractivity contribution in [1.29, 1.82) is 0 Å². The molecule has 0 saturated carbocycles. The molecule has 0 aliphatic carbocycles. The Morgan fingerprint density at radius 3 is 2.84 bits per heavy atom. The average molecular weight is 266 g/mol. The van der Waals surface area contributed by atoms with E-state index in [1.165, 1.54) is 6.07 Å². The van der Waals surface area contributed by atoms with E-state index in [4.69, 9.17) is 10.5 Å². The van der Waals surface area contributed by atoms with E-state index < -0.39 is 0 Å². The Labute approximate surface area is 114 Å². The monoisotopic (exact) mass is 266 g/mol. The van der Waals surface area contributed by atoms with Crippen molar-refractivity contribution >= 4 is 5.69 Å². The lowest BCUT2D eigenvalue weighted by molar-refractivity contribution is 0.0642. The highest BCUT2D eigenvalue weighted by Crippen LogP contribution is 2.31. The number of hydrogen-bond acceptors (Lipinski definition) is 3. The minimum Gasteiger partial charge on any atom is -0.377 e. The van der Waals surface area contributed by atoms with Gasteiger partial charge in [-0.05, 0) is 39.3 Å². The molecule has 0 aromatic heterocycles. The van der Waals surface area contributed by atoms with Crippen LogP contribution in [0.5, 0.6) is 0 Å². The summed E-state index contributed by atoms with van der Waals surface area (Å²) < 4.78 is 19.6.